The predicted octanol–water partition coefficient (Wildman–Crippen LogP) is 1.29. The van der Waals surface area contributed by atoms with Crippen LogP contribution < -0.4 is 0 Å². The van der Waals surface area contributed by atoms with E-state index < -0.39 is 6.10 Å². The van der Waals surface area contributed by atoms with E-state index in [1.54, 1.807) is 18.4 Å². The first kappa shape index (κ1) is 8.98. The number of thiophene rings is 1. The van der Waals surface area contributed by atoms with Crippen LogP contribution in [0.3, 0.4) is 0 Å². The fourth-order valence-corrected chi connectivity index (χ4v) is 1.31. The van der Waals surface area contributed by atoms with Gasteiger partial charge in [0.15, 0.2) is 6.29 Å². The van der Waals surface area contributed by atoms with Gasteiger partial charge < -0.3 is 5.11 Å². The van der Waals surface area contributed by atoms with E-state index in [-0.39, 0.29) is 0 Å². The lowest BCUT2D eigenvalue weighted by Crippen LogP contribution is -1.92. The summed E-state index contributed by atoms with van der Waals surface area (Å²) < 4.78 is 0. The molecule has 1 aromatic rings. The zero-order valence-electron chi connectivity index (χ0n) is 6.57. The number of carbonyl (C=O) groups excluding carboxylic acids is 1. The third-order valence-corrected chi connectivity index (χ3v) is 2.02. The van der Waals surface area contributed by atoms with Crippen molar-refractivity contribution in [1.29, 1.82) is 0 Å². The van der Waals surface area contributed by atoms with E-state index in [0.29, 0.717) is 4.88 Å². The van der Waals surface area contributed by atoms with Crippen LogP contribution in [0.15, 0.2) is 11.4 Å². The van der Waals surface area contributed by atoms with Gasteiger partial charge in [0, 0.05) is 10.9 Å². The van der Waals surface area contributed by atoms with Crippen molar-refractivity contribution in [2.24, 2.45) is 0 Å². The molecule has 0 unspecified atom stereocenters. The zero-order valence-corrected chi connectivity index (χ0v) is 7.39. The van der Waals surface area contributed by atoms with Crippen LogP contribution >= 0.6 is 11.3 Å². The van der Waals surface area contributed by atoms with Crippen LogP contribution in [0.1, 0.15) is 22.2 Å². The number of aliphatic hydroxyl groups is 1. The molecule has 0 fully saturated rings. The highest BCUT2D eigenvalue weighted by Gasteiger charge is 1.94. The molecule has 0 bridgehead atoms. The van der Waals surface area contributed by atoms with E-state index in [0.717, 1.165) is 11.8 Å². The molecular weight excluding hydrogens is 172 g/mol. The first-order valence-electron chi connectivity index (χ1n) is 3.45. The molecular formula is C9H8O2S. The molecule has 1 heterocycles. The number of rotatable bonds is 1. The Bertz CT molecular complexity index is 328. The first-order valence-corrected chi connectivity index (χ1v) is 4.33. The van der Waals surface area contributed by atoms with Crippen molar-refractivity contribution in [3.05, 3.63) is 21.9 Å². The number of aldehydes is 1. The van der Waals surface area contributed by atoms with E-state index in [9.17, 15) is 4.79 Å². The van der Waals surface area contributed by atoms with Crippen LogP contribution in [0.4, 0.5) is 0 Å². The Morgan fingerprint density at radius 2 is 2.50 bits per heavy atom. The summed E-state index contributed by atoms with van der Waals surface area (Å²) in [5.74, 6) is 5.35. The highest BCUT2D eigenvalue weighted by molar-refractivity contribution is 7.11. The highest BCUT2D eigenvalue weighted by atomic mass is 32.1. The smallest absolute Gasteiger partial charge is 0.160 e. The van der Waals surface area contributed by atoms with Gasteiger partial charge in [0.2, 0.25) is 0 Å². The number of carbonyl (C=O) groups is 1. The quantitative estimate of drug-likeness (QED) is 0.522. The van der Waals surface area contributed by atoms with Crippen LogP contribution in [0.5, 0.6) is 0 Å². The molecule has 1 atom stereocenters. The lowest BCUT2D eigenvalue weighted by Gasteiger charge is -1.85. The van der Waals surface area contributed by atoms with Crippen molar-refractivity contribution in [3.8, 4) is 11.8 Å². The van der Waals surface area contributed by atoms with E-state index >= 15 is 0 Å². The number of hydrogen-bond donors (Lipinski definition) is 1. The van der Waals surface area contributed by atoms with Crippen molar-refractivity contribution in [2.75, 3.05) is 0 Å². The maximum absolute atomic E-state index is 10.3. The maximum Gasteiger partial charge on any atom is 0.160 e. The average Bonchev–Trinajstić information content (AvgIpc) is 2.48. The maximum atomic E-state index is 10.3. The van der Waals surface area contributed by atoms with Gasteiger partial charge in [0.1, 0.15) is 6.10 Å². The van der Waals surface area contributed by atoms with Gasteiger partial charge in [-0.1, -0.05) is 11.8 Å². The van der Waals surface area contributed by atoms with E-state index in [4.69, 9.17) is 5.11 Å². The lowest BCUT2D eigenvalue weighted by atomic mass is 10.3. The Labute approximate surface area is 74.9 Å². The monoisotopic (exact) mass is 180 g/mol. The average molecular weight is 180 g/mol. The largest absolute Gasteiger partial charge is 0.381 e. The van der Waals surface area contributed by atoms with Gasteiger partial charge in [-0.15, -0.1) is 11.3 Å². The molecule has 0 aromatic carbocycles. The molecule has 12 heavy (non-hydrogen) atoms. The van der Waals surface area contributed by atoms with Gasteiger partial charge in [-0.2, -0.15) is 0 Å². The van der Waals surface area contributed by atoms with Crippen molar-refractivity contribution in [2.45, 2.75) is 13.0 Å². The minimum absolute atomic E-state index is 0.621. The second-order valence-electron chi connectivity index (χ2n) is 2.30. The molecule has 1 N–H and O–H groups in total. The van der Waals surface area contributed by atoms with Crippen LogP contribution in [0, 0.1) is 11.8 Å². The first-order chi connectivity index (χ1) is 5.72. The molecule has 62 valence electrons. The molecule has 0 amide bonds. The topological polar surface area (TPSA) is 37.3 Å². The molecule has 0 radical (unpaired) electrons. The van der Waals surface area contributed by atoms with Crippen molar-refractivity contribution in [3.63, 3.8) is 0 Å². The molecule has 0 aliphatic rings. The van der Waals surface area contributed by atoms with Crippen molar-refractivity contribution in [1.82, 2.24) is 0 Å². The lowest BCUT2D eigenvalue weighted by molar-refractivity contribution is 0.112. The fraction of sp³-hybridized carbons (Fsp3) is 0.222. The second-order valence-corrected chi connectivity index (χ2v) is 3.24. The normalized spacial score (nSPS) is 11.5. The van der Waals surface area contributed by atoms with Crippen molar-refractivity contribution < 1.29 is 9.90 Å². The van der Waals surface area contributed by atoms with Gasteiger partial charge in [-0.25, -0.2) is 0 Å². The summed E-state index contributed by atoms with van der Waals surface area (Å²) in [6.07, 6.45) is 0.169. The Morgan fingerprint density at radius 3 is 3.00 bits per heavy atom. The Kier molecular flexibility index (Phi) is 3.03. The summed E-state index contributed by atoms with van der Waals surface area (Å²) in [7, 11) is 0. The molecule has 2 nitrogen and oxygen atoms in total. The molecule has 1 aromatic heterocycles. The van der Waals surface area contributed by atoms with Gasteiger partial charge in [0.05, 0.1) is 4.88 Å². The highest BCUT2D eigenvalue weighted by Crippen LogP contribution is 2.10. The summed E-state index contributed by atoms with van der Waals surface area (Å²) >= 11 is 1.35. The van der Waals surface area contributed by atoms with Gasteiger partial charge in [-0.05, 0) is 13.0 Å². The zero-order chi connectivity index (χ0) is 8.97. The van der Waals surface area contributed by atoms with Crippen LogP contribution in [0.2, 0.25) is 0 Å². The van der Waals surface area contributed by atoms with Gasteiger partial charge in [-0.3, -0.25) is 4.79 Å². The molecule has 1 rings (SSSR count). The second kappa shape index (κ2) is 4.05. The summed E-state index contributed by atoms with van der Waals surface area (Å²) in [6, 6.07) is 1.70. The molecule has 0 saturated carbocycles. The summed E-state index contributed by atoms with van der Waals surface area (Å²) in [5, 5.41) is 10.6. The number of hydrogen-bond acceptors (Lipinski definition) is 3. The molecule has 0 aliphatic heterocycles. The SMILES string of the molecule is C[C@@H](O)C#Cc1csc(C=O)c1. The van der Waals surface area contributed by atoms with E-state index in [1.165, 1.54) is 11.3 Å². The number of aliphatic hydroxyl groups excluding tert-OH is 1. The minimum Gasteiger partial charge on any atom is -0.381 e. The van der Waals surface area contributed by atoms with Crippen molar-refractivity contribution >= 4 is 17.6 Å². The predicted molar refractivity (Wildman–Crippen MR) is 48.3 cm³/mol. The van der Waals surface area contributed by atoms with Gasteiger partial charge in [0.25, 0.3) is 0 Å². The molecule has 0 spiro atoms. The summed E-state index contributed by atoms with van der Waals surface area (Å²) in [6.45, 7) is 1.60. The third kappa shape index (κ3) is 2.50. The summed E-state index contributed by atoms with van der Waals surface area (Å²) in [5.41, 5.74) is 0.781. The third-order valence-electron chi connectivity index (χ3n) is 1.16. The summed E-state index contributed by atoms with van der Waals surface area (Å²) in [4.78, 5) is 10.9. The Morgan fingerprint density at radius 1 is 1.75 bits per heavy atom. The fourth-order valence-electron chi connectivity index (χ4n) is 0.668. The van der Waals surface area contributed by atoms with E-state index in [2.05, 4.69) is 11.8 Å². The molecule has 3 heteroatoms. The van der Waals surface area contributed by atoms with Crippen LogP contribution in [0.25, 0.3) is 0 Å². The van der Waals surface area contributed by atoms with Crippen LogP contribution in [-0.2, 0) is 0 Å². The standard InChI is InChI=1S/C9H8O2S/c1-7(11)2-3-8-4-9(5-10)12-6-8/h4-7,11H,1H3/t7-/m1/s1. The molecule has 0 aliphatic carbocycles. The van der Waals surface area contributed by atoms with Gasteiger partial charge >= 0.3 is 0 Å². The molecule has 0 saturated heterocycles. The Balaban J connectivity index is 2.78. The van der Waals surface area contributed by atoms with Crippen LogP contribution in [-0.4, -0.2) is 17.5 Å². The Hall–Kier alpha value is -1.11. The van der Waals surface area contributed by atoms with E-state index in [1.807, 2.05) is 0 Å². The minimum atomic E-state index is -0.621.